The molecule has 0 N–H and O–H groups in total. The molecule has 0 aliphatic heterocycles. The van der Waals surface area contributed by atoms with Crippen molar-refractivity contribution in [1.29, 1.82) is 0 Å². The molecule has 0 amide bonds. The van der Waals surface area contributed by atoms with Gasteiger partial charge in [0.1, 0.15) is 6.33 Å². The summed E-state index contributed by atoms with van der Waals surface area (Å²) in [4.78, 5) is 8.37. The van der Waals surface area contributed by atoms with Crippen molar-refractivity contribution in [2.75, 3.05) is 0 Å². The number of aromatic nitrogens is 2. The predicted octanol–water partition coefficient (Wildman–Crippen LogP) is 3.71. The highest BCUT2D eigenvalue weighted by Gasteiger charge is 2.21. The van der Waals surface area contributed by atoms with Gasteiger partial charge in [0.2, 0.25) is 0 Å². The molecule has 19 heavy (non-hydrogen) atoms. The molecule has 0 bridgehead atoms. The van der Waals surface area contributed by atoms with Crippen LogP contribution >= 0.6 is 0 Å². The topological polar surface area (TPSA) is 25.8 Å². The summed E-state index contributed by atoms with van der Waals surface area (Å²) in [5, 5.41) is 0. The minimum absolute atomic E-state index is 0.992. The van der Waals surface area contributed by atoms with Crippen LogP contribution in [0.2, 0.25) is 0 Å². The van der Waals surface area contributed by atoms with Gasteiger partial charge < -0.3 is 0 Å². The minimum Gasteiger partial charge on any atom is -0.245 e. The summed E-state index contributed by atoms with van der Waals surface area (Å²) in [5.74, 6) is 0. The molecule has 0 unspecified atom stereocenters. The number of hydrogen-bond acceptors (Lipinski definition) is 2. The summed E-state index contributed by atoms with van der Waals surface area (Å²) in [7, 11) is 0. The lowest BCUT2D eigenvalue weighted by atomic mass is 9.99. The Kier molecular flexibility index (Phi) is 2.21. The molecule has 1 heterocycles. The first-order valence-electron chi connectivity index (χ1n) is 6.40. The van der Waals surface area contributed by atoms with Gasteiger partial charge in [-0.25, -0.2) is 9.97 Å². The van der Waals surface area contributed by atoms with Crippen LogP contribution in [0.25, 0.3) is 22.4 Å². The Morgan fingerprint density at radius 3 is 2.53 bits per heavy atom. The van der Waals surface area contributed by atoms with Crippen molar-refractivity contribution < 1.29 is 0 Å². The van der Waals surface area contributed by atoms with E-state index < -0.39 is 0 Å². The summed E-state index contributed by atoms with van der Waals surface area (Å²) in [5.41, 5.74) is 7.69. The van der Waals surface area contributed by atoms with Crippen LogP contribution in [0.15, 0.2) is 61.1 Å². The largest absolute Gasteiger partial charge is 0.245 e. The van der Waals surface area contributed by atoms with E-state index in [0.29, 0.717) is 0 Å². The fourth-order valence-electron chi connectivity index (χ4n) is 2.85. The van der Waals surface area contributed by atoms with Crippen molar-refractivity contribution in [1.82, 2.24) is 9.97 Å². The Bertz CT molecular complexity index is 748. The Morgan fingerprint density at radius 2 is 1.63 bits per heavy atom. The summed E-state index contributed by atoms with van der Waals surface area (Å²) in [6.07, 6.45) is 4.40. The van der Waals surface area contributed by atoms with E-state index in [1.165, 1.54) is 27.8 Å². The Hall–Kier alpha value is -2.48. The zero-order chi connectivity index (χ0) is 12.7. The van der Waals surface area contributed by atoms with E-state index in [1.54, 1.807) is 12.5 Å². The van der Waals surface area contributed by atoms with Gasteiger partial charge in [0.15, 0.2) is 0 Å². The van der Waals surface area contributed by atoms with Crippen LogP contribution in [0.1, 0.15) is 11.1 Å². The molecule has 1 aliphatic carbocycles. The lowest BCUT2D eigenvalue weighted by molar-refractivity contribution is 1.16. The third-order valence-corrected chi connectivity index (χ3v) is 3.71. The van der Waals surface area contributed by atoms with Gasteiger partial charge in [0.25, 0.3) is 0 Å². The number of nitrogens with zero attached hydrogens (tertiary/aromatic N) is 2. The van der Waals surface area contributed by atoms with Crippen molar-refractivity contribution in [2.45, 2.75) is 6.42 Å². The quantitative estimate of drug-likeness (QED) is 0.510. The molecule has 0 atom stereocenters. The van der Waals surface area contributed by atoms with Crippen LogP contribution in [0.4, 0.5) is 0 Å². The highest BCUT2D eigenvalue weighted by Crippen LogP contribution is 2.40. The summed E-state index contributed by atoms with van der Waals surface area (Å²) < 4.78 is 0. The van der Waals surface area contributed by atoms with Crippen molar-refractivity contribution in [3.63, 3.8) is 0 Å². The highest BCUT2D eigenvalue weighted by atomic mass is 14.8. The molecule has 4 rings (SSSR count). The highest BCUT2D eigenvalue weighted by molar-refractivity contribution is 5.83. The maximum Gasteiger partial charge on any atom is 0.116 e. The Labute approximate surface area is 111 Å². The van der Waals surface area contributed by atoms with E-state index in [0.717, 1.165) is 12.1 Å². The van der Waals surface area contributed by atoms with Crippen LogP contribution < -0.4 is 0 Å². The second-order valence-corrected chi connectivity index (χ2v) is 4.76. The normalized spacial score (nSPS) is 12.0. The zero-order valence-corrected chi connectivity index (χ0v) is 10.4. The van der Waals surface area contributed by atoms with E-state index in [4.69, 9.17) is 0 Å². The zero-order valence-electron chi connectivity index (χ0n) is 10.4. The van der Waals surface area contributed by atoms with Crippen molar-refractivity contribution in [2.24, 2.45) is 0 Å². The van der Waals surface area contributed by atoms with Gasteiger partial charge in [0, 0.05) is 11.8 Å². The van der Waals surface area contributed by atoms with Gasteiger partial charge >= 0.3 is 0 Å². The fourth-order valence-corrected chi connectivity index (χ4v) is 2.85. The average Bonchev–Trinajstić information content (AvgIpc) is 2.87. The minimum atomic E-state index is 0.992. The smallest absolute Gasteiger partial charge is 0.116 e. The molecule has 0 radical (unpaired) electrons. The molecule has 2 heteroatoms. The number of benzene rings is 2. The standard InChI is InChI=1S/C17H12N2/c1-2-5-13-12(4-1)10-16-14(13)6-3-7-15(16)17-8-9-18-11-19-17/h1-9,11H,10H2. The molecule has 0 saturated heterocycles. The number of rotatable bonds is 1. The van der Waals surface area contributed by atoms with Gasteiger partial charge in [0.05, 0.1) is 5.69 Å². The molecule has 1 aromatic heterocycles. The lowest BCUT2D eigenvalue weighted by Crippen LogP contribution is -1.90. The molecule has 1 aliphatic rings. The van der Waals surface area contributed by atoms with E-state index >= 15 is 0 Å². The third-order valence-electron chi connectivity index (χ3n) is 3.71. The average molecular weight is 244 g/mol. The summed E-state index contributed by atoms with van der Waals surface area (Å²) in [6, 6.07) is 17.0. The molecule has 0 spiro atoms. The number of fused-ring (bicyclic) bond motifs is 3. The Morgan fingerprint density at radius 1 is 0.789 bits per heavy atom. The second-order valence-electron chi connectivity index (χ2n) is 4.76. The molecular formula is C17H12N2. The van der Waals surface area contributed by atoms with Gasteiger partial charge in [-0.3, -0.25) is 0 Å². The molecule has 0 saturated carbocycles. The molecule has 3 aromatic rings. The van der Waals surface area contributed by atoms with Crippen molar-refractivity contribution >= 4 is 0 Å². The van der Waals surface area contributed by atoms with Gasteiger partial charge in [-0.2, -0.15) is 0 Å². The fraction of sp³-hybridized carbons (Fsp3) is 0.0588. The van der Waals surface area contributed by atoms with E-state index in [1.807, 2.05) is 6.07 Å². The first kappa shape index (κ1) is 10.4. The van der Waals surface area contributed by atoms with Crippen LogP contribution in [-0.2, 0) is 6.42 Å². The van der Waals surface area contributed by atoms with Crippen LogP contribution in [0.5, 0.6) is 0 Å². The predicted molar refractivity (Wildman–Crippen MR) is 75.7 cm³/mol. The number of hydrogen-bond donors (Lipinski definition) is 0. The molecule has 90 valence electrons. The molecule has 2 aromatic carbocycles. The summed E-state index contributed by atoms with van der Waals surface area (Å²) >= 11 is 0. The Balaban J connectivity index is 1.95. The van der Waals surface area contributed by atoms with Gasteiger partial charge in [-0.05, 0) is 34.7 Å². The molecule has 0 fully saturated rings. The monoisotopic (exact) mass is 244 g/mol. The maximum atomic E-state index is 4.38. The molecule has 2 nitrogen and oxygen atoms in total. The lowest BCUT2D eigenvalue weighted by Gasteiger charge is -2.07. The second kappa shape index (κ2) is 4.02. The van der Waals surface area contributed by atoms with Crippen molar-refractivity contribution in [3.8, 4) is 22.4 Å². The molecular weight excluding hydrogens is 232 g/mol. The van der Waals surface area contributed by atoms with E-state index in [9.17, 15) is 0 Å². The van der Waals surface area contributed by atoms with Gasteiger partial charge in [-0.1, -0.05) is 42.5 Å². The first-order chi connectivity index (χ1) is 9.43. The van der Waals surface area contributed by atoms with E-state index in [-0.39, 0.29) is 0 Å². The SMILES string of the molecule is c1ccc2c(c1)Cc1c(-c3ccncn3)cccc1-2. The summed E-state index contributed by atoms with van der Waals surface area (Å²) in [6.45, 7) is 0. The van der Waals surface area contributed by atoms with Crippen molar-refractivity contribution in [3.05, 3.63) is 72.2 Å². The first-order valence-corrected chi connectivity index (χ1v) is 6.40. The third kappa shape index (κ3) is 1.57. The van der Waals surface area contributed by atoms with E-state index in [2.05, 4.69) is 52.4 Å². The van der Waals surface area contributed by atoms with Crippen LogP contribution in [0.3, 0.4) is 0 Å². The van der Waals surface area contributed by atoms with Crippen LogP contribution in [-0.4, -0.2) is 9.97 Å². The maximum absolute atomic E-state index is 4.38. The van der Waals surface area contributed by atoms with Crippen LogP contribution in [0, 0.1) is 0 Å². The van der Waals surface area contributed by atoms with Gasteiger partial charge in [-0.15, -0.1) is 0 Å².